The molecule has 1 heterocycles. The molecule has 1 fully saturated rings. The molecule has 0 spiro atoms. The van der Waals surface area contributed by atoms with Crippen molar-refractivity contribution in [1.82, 2.24) is 9.55 Å². The molecular weight excluding hydrogens is 234 g/mol. The van der Waals surface area contributed by atoms with Gasteiger partial charge in [-0.2, -0.15) is 4.98 Å². The van der Waals surface area contributed by atoms with Gasteiger partial charge in [-0.1, -0.05) is 13.8 Å². The van der Waals surface area contributed by atoms with Crippen molar-refractivity contribution in [2.24, 2.45) is 11.3 Å². The van der Waals surface area contributed by atoms with Crippen LogP contribution in [0.2, 0.25) is 0 Å². The number of nitrogens with zero attached hydrogens (tertiary/aromatic N) is 2. The minimum absolute atomic E-state index is 0.0150. The van der Waals surface area contributed by atoms with Gasteiger partial charge >= 0.3 is 5.69 Å². The summed E-state index contributed by atoms with van der Waals surface area (Å²) in [5, 5.41) is 19.7. The number of aliphatic hydroxyl groups is 2. The van der Waals surface area contributed by atoms with E-state index in [4.69, 9.17) is 5.73 Å². The van der Waals surface area contributed by atoms with Gasteiger partial charge in [0.05, 0.1) is 12.1 Å². The van der Waals surface area contributed by atoms with E-state index in [1.54, 1.807) is 6.20 Å². The van der Waals surface area contributed by atoms with Crippen molar-refractivity contribution in [3.8, 4) is 0 Å². The number of nitrogens with two attached hydrogens (primary N) is 1. The van der Waals surface area contributed by atoms with Gasteiger partial charge in [-0.05, 0) is 23.8 Å². The molecule has 4 atom stereocenters. The van der Waals surface area contributed by atoms with Crippen LogP contribution in [0.5, 0.6) is 0 Å². The summed E-state index contributed by atoms with van der Waals surface area (Å²) in [7, 11) is 0. The lowest BCUT2D eigenvalue weighted by molar-refractivity contribution is 0.0498. The largest absolute Gasteiger partial charge is 0.396 e. The summed E-state index contributed by atoms with van der Waals surface area (Å²) in [5.41, 5.74) is 4.59. The highest BCUT2D eigenvalue weighted by molar-refractivity contribution is 5.23. The van der Waals surface area contributed by atoms with Gasteiger partial charge < -0.3 is 15.9 Å². The molecule has 0 aromatic carbocycles. The number of aliphatic hydroxyl groups excluding tert-OH is 2. The van der Waals surface area contributed by atoms with E-state index in [9.17, 15) is 15.0 Å². The first-order chi connectivity index (χ1) is 8.39. The van der Waals surface area contributed by atoms with E-state index in [0.717, 1.165) is 0 Å². The van der Waals surface area contributed by atoms with Crippen LogP contribution in [0.25, 0.3) is 0 Å². The van der Waals surface area contributed by atoms with Crippen molar-refractivity contribution in [3.05, 3.63) is 22.7 Å². The highest BCUT2D eigenvalue weighted by Crippen LogP contribution is 2.47. The minimum atomic E-state index is -0.676. The Labute approximate surface area is 105 Å². The second-order valence-electron chi connectivity index (χ2n) is 5.41. The van der Waals surface area contributed by atoms with Gasteiger partial charge in [-0.25, -0.2) is 4.79 Å². The number of anilines is 1. The summed E-state index contributed by atoms with van der Waals surface area (Å²) in [6, 6.07) is 1.17. The van der Waals surface area contributed by atoms with Crippen molar-refractivity contribution < 1.29 is 10.2 Å². The maximum atomic E-state index is 11.8. The summed E-state index contributed by atoms with van der Waals surface area (Å²) in [6.45, 7) is 3.78. The molecule has 2 rings (SSSR count). The molecule has 1 aliphatic carbocycles. The molecule has 4 N–H and O–H groups in total. The van der Waals surface area contributed by atoms with E-state index in [2.05, 4.69) is 4.98 Å². The highest BCUT2D eigenvalue weighted by atomic mass is 16.3. The van der Waals surface area contributed by atoms with Crippen LogP contribution in [0.15, 0.2) is 17.1 Å². The Kier molecular flexibility index (Phi) is 3.16. The molecule has 6 heteroatoms. The molecule has 0 aliphatic heterocycles. The highest BCUT2D eigenvalue weighted by Gasteiger charge is 2.48. The van der Waals surface area contributed by atoms with Crippen LogP contribution >= 0.6 is 0 Å². The first-order valence-electron chi connectivity index (χ1n) is 6.02. The molecule has 100 valence electrons. The first kappa shape index (κ1) is 13.0. The molecule has 0 radical (unpaired) electrons. The Morgan fingerprint density at radius 2 is 2.33 bits per heavy atom. The van der Waals surface area contributed by atoms with Gasteiger partial charge in [0.15, 0.2) is 0 Å². The van der Waals surface area contributed by atoms with Gasteiger partial charge in [0.25, 0.3) is 0 Å². The predicted octanol–water partition coefficient (Wildman–Crippen LogP) is -0.234. The van der Waals surface area contributed by atoms with Crippen LogP contribution in [0.4, 0.5) is 5.82 Å². The first-order valence-corrected chi connectivity index (χ1v) is 6.02. The zero-order valence-corrected chi connectivity index (χ0v) is 10.6. The average Bonchev–Trinajstić information content (AvgIpc) is 2.55. The van der Waals surface area contributed by atoms with E-state index in [0.29, 0.717) is 6.42 Å². The molecule has 1 aromatic heterocycles. The zero-order chi connectivity index (χ0) is 13.5. The quantitative estimate of drug-likeness (QED) is 0.675. The Balaban J connectivity index is 2.38. The van der Waals surface area contributed by atoms with Crippen LogP contribution in [0.1, 0.15) is 26.3 Å². The summed E-state index contributed by atoms with van der Waals surface area (Å²) in [5.74, 6) is 0.0821. The molecule has 0 amide bonds. The number of nitrogen functional groups attached to an aromatic ring is 1. The van der Waals surface area contributed by atoms with E-state index in [1.807, 2.05) is 13.8 Å². The Bertz CT molecular complexity index is 502. The summed E-state index contributed by atoms with van der Waals surface area (Å²) in [4.78, 5) is 15.4. The Morgan fingerprint density at radius 1 is 1.67 bits per heavy atom. The number of hydrogen-bond donors (Lipinski definition) is 3. The topological polar surface area (TPSA) is 101 Å². The van der Waals surface area contributed by atoms with Crippen LogP contribution in [-0.4, -0.2) is 32.5 Å². The van der Waals surface area contributed by atoms with Gasteiger partial charge in [-0.3, -0.25) is 4.57 Å². The molecule has 0 unspecified atom stereocenters. The van der Waals surface area contributed by atoms with Crippen LogP contribution < -0.4 is 11.4 Å². The number of rotatable bonds is 2. The van der Waals surface area contributed by atoms with Crippen LogP contribution in [-0.2, 0) is 0 Å². The fraction of sp³-hybridized carbons (Fsp3) is 0.667. The second kappa shape index (κ2) is 4.37. The molecule has 18 heavy (non-hydrogen) atoms. The summed E-state index contributed by atoms with van der Waals surface area (Å²) >= 11 is 0. The second-order valence-corrected chi connectivity index (χ2v) is 5.41. The lowest BCUT2D eigenvalue weighted by atomic mass is 9.81. The molecular formula is C12H19N3O3. The zero-order valence-electron chi connectivity index (χ0n) is 10.6. The summed E-state index contributed by atoms with van der Waals surface area (Å²) < 4.78 is 1.40. The standard InChI is InChI=1S/C12H19N3O3/c1-7-10(17)8(5-12(7,2)6-16)15-4-3-9(13)14-11(15)18/h3-4,7-8,10,16-17H,5-6H2,1-2H3,(H2,13,14,18)/t7-,8+,10-,12-/m0/s1. The van der Waals surface area contributed by atoms with Crippen molar-refractivity contribution in [2.45, 2.75) is 32.4 Å². The third-order valence-electron chi connectivity index (χ3n) is 4.25. The van der Waals surface area contributed by atoms with Crippen molar-refractivity contribution >= 4 is 5.82 Å². The van der Waals surface area contributed by atoms with Gasteiger partial charge in [0, 0.05) is 12.8 Å². The Hall–Kier alpha value is -1.40. The molecule has 6 nitrogen and oxygen atoms in total. The lowest BCUT2D eigenvalue weighted by Crippen LogP contribution is -2.32. The van der Waals surface area contributed by atoms with Crippen LogP contribution in [0.3, 0.4) is 0 Å². The fourth-order valence-electron chi connectivity index (χ4n) is 2.68. The van der Waals surface area contributed by atoms with Gasteiger partial charge in [0.2, 0.25) is 0 Å². The minimum Gasteiger partial charge on any atom is -0.396 e. The van der Waals surface area contributed by atoms with Gasteiger partial charge in [-0.15, -0.1) is 0 Å². The molecule has 1 aliphatic rings. The van der Waals surface area contributed by atoms with E-state index in [1.165, 1.54) is 10.6 Å². The number of aromatic nitrogens is 2. The smallest absolute Gasteiger partial charge is 0.349 e. The summed E-state index contributed by atoms with van der Waals surface area (Å²) in [6.07, 6.45) is 1.41. The van der Waals surface area contributed by atoms with Gasteiger partial charge in [0.1, 0.15) is 5.82 Å². The Morgan fingerprint density at radius 3 is 2.83 bits per heavy atom. The van der Waals surface area contributed by atoms with E-state index >= 15 is 0 Å². The SMILES string of the molecule is C[C@H]1[C@H](O)[C@H](n2ccc(N)nc2=O)C[C@@]1(C)CO. The maximum absolute atomic E-state index is 11.8. The normalized spacial score (nSPS) is 35.9. The molecule has 0 saturated heterocycles. The van der Waals surface area contributed by atoms with Crippen molar-refractivity contribution in [1.29, 1.82) is 0 Å². The predicted molar refractivity (Wildman–Crippen MR) is 66.9 cm³/mol. The average molecular weight is 253 g/mol. The third-order valence-corrected chi connectivity index (χ3v) is 4.25. The molecule has 1 saturated carbocycles. The maximum Gasteiger partial charge on any atom is 0.349 e. The van der Waals surface area contributed by atoms with Crippen LogP contribution in [0, 0.1) is 11.3 Å². The van der Waals surface area contributed by atoms with E-state index < -0.39 is 11.8 Å². The van der Waals surface area contributed by atoms with Crippen molar-refractivity contribution in [2.75, 3.05) is 12.3 Å². The molecule has 0 bridgehead atoms. The third kappa shape index (κ3) is 1.91. The monoisotopic (exact) mass is 253 g/mol. The van der Waals surface area contributed by atoms with Crippen molar-refractivity contribution in [3.63, 3.8) is 0 Å². The number of hydrogen-bond acceptors (Lipinski definition) is 5. The molecule has 1 aromatic rings. The fourth-order valence-corrected chi connectivity index (χ4v) is 2.68. The van der Waals surface area contributed by atoms with E-state index in [-0.39, 0.29) is 29.8 Å². The lowest BCUT2D eigenvalue weighted by Gasteiger charge is -2.26.